The SMILES string of the molecule is COc1cccc(C=Nc2nc(-c3ccc(C)cc3C)c(-c3ccc([N+](=O)[O-])cc3)s2)c1OC. The van der Waals surface area contributed by atoms with Crippen LogP contribution < -0.4 is 9.47 Å². The van der Waals surface area contributed by atoms with E-state index in [-0.39, 0.29) is 5.69 Å². The van der Waals surface area contributed by atoms with Gasteiger partial charge >= 0.3 is 0 Å². The number of thiazole rings is 1. The van der Waals surface area contributed by atoms with Crippen molar-refractivity contribution in [2.24, 2.45) is 4.99 Å². The van der Waals surface area contributed by atoms with Crippen molar-refractivity contribution in [3.05, 3.63) is 87.5 Å². The molecule has 0 aliphatic heterocycles. The first kappa shape index (κ1) is 23.1. The summed E-state index contributed by atoms with van der Waals surface area (Å²) in [6.07, 6.45) is 1.70. The normalized spacial score (nSPS) is 11.1. The Bertz CT molecular complexity index is 1380. The first-order valence-corrected chi connectivity index (χ1v) is 11.3. The highest BCUT2D eigenvalue weighted by Gasteiger charge is 2.18. The van der Waals surface area contributed by atoms with Crippen molar-refractivity contribution in [1.82, 2.24) is 4.98 Å². The first-order chi connectivity index (χ1) is 16.4. The third kappa shape index (κ3) is 4.67. The fraction of sp³-hybridized carbons (Fsp3) is 0.154. The summed E-state index contributed by atoms with van der Waals surface area (Å²) in [6.45, 7) is 4.09. The summed E-state index contributed by atoms with van der Waals surface area (Å²) in [4.78, 5) is 21.0. The molecule has 0 aliphatic rings. The zero-order valence-corrected chi connectivity index (χ0v) is 20.1. The molecule has 0 N–H and O–H groups in total. The van der Waals surface area contributed by atoms with E-state index in [4.69, 9.17) is 14.5 Å². The molecule has 0 fully saturated rings. The number of non-ortho nitro benzene ring substituents is 1. The maximum atomic E-state index is 11.1. The van der Waals surface area contributed by atoms with E-state index in [0.717, 1.165) is 38.4 Å². The lowest BCUT2D eigenvalue weighted by Gasteiger charge is -2.09. The molecular formula is C26H23N3O4S. The molecule has 0 saturated heterocycles. The number of nitro groups is 1. The number of rotatable bonds is 7. The lowest BCUT2D eigenvalue weighted by atomic mass is 10.0. The van der Waals surface area contributed by atoms with Gasteiger partial charge in [0.15, 0.2) is 11.5 Å². The number of aliphatic imine (C=N–C) groups is 1. The lowest BCUT2D eigenvalue weighted by Crippen LogP contribution is -1.94. The van der Waals surface area contributed by atoms with Gasteiger partial charge in [0, 0.05) is 29.5 Å². The fourth-order valence-corrected chi connectivity index (χ4v) is 4.63. The Morgan fingerprint density at radius 1 is 1.03 bits per heavy atom. The molecule has 0 amide bonds. The molecule has 3 aromatic carbocycles. The van der Waals surface area contributed by atoms with Gasteiger partial charge < -0.3 is 9.47 Å². The Morgan fingerprint density at radius 2 is 1.79 bits per heavy atom. The number of nitrogens with zero attached hydrogens (tertiary/aromatic N) is 3. The van der Waals surface area contributed by atoms with E-state index in [1.165, 1.54) is 23.5 Å². The van der Waals surface area contributed by atoms with Crippen molar-refractivity contribution < 1.29 is 14.4 Å². The first-order valence-electron chi connectivity index (χ1n) is 10.5. The zero-order chi connectivity index (χ0) is 24.2. The maximum absolute atomic E-state index is 11.1. The summed E-state index contributed by atoms with van der Waals surface area (Å²) in [5.74, 6) is 1.21. The van der Waals surface area contributed by atoms with E-state index in [0.29, 0.717) is 16.6 Å². The molecule has 0 unspecified atom stereocenters. The summed E-state index contributed by atoms with van der Waals surface area (Å²) in [7, 11) is 3.18. The smallest absolute Gasteiger partial charge is 0.269 e. The Hall–Kier alpha value is -4.04. The second-order valence-electron chi connectivity index (χ2n) is 7.64. The molecule has 0 bridgehead atoms. The van der Waals surface area contributed by atoms with Gasteiger partial charge in [0.2, 0.25) is 5.13 Å². The molecule has 0 spiro atoms. The highest BCUT2D eigenvalue weighted by molar-refractivity contribution is 7.19. The highest BCUT2D eigenvalue weighted by Crippen LogP contribution is 2.42. The number of benzene rings is 3. The van der Waals surface area contributed by atoms with E-state index in [1.807, 2.05) is 44.2 Å². The van der Waals surface area contributed by atoms with Gasteiger partial charge in [0.05, 0.1) is 29.7 Å². The third-order valence-corrected chi connectivity index (χ3v) is 6.35. The van der Waals surface area contributed by atoms with Gasteiger partial charge in [-0.3, -0.25) is 10.1 Å². The Kier molecular flexibility index (Phi) is 6.70. The minimum Gasteiger partial charge on any atom is -0.493 e. The van der Waals surface area contributed by atoms with Crippen molar-refractivity contribution in [3.8, 4) is 33.2 Å². The van der Waals surface area contributed by atoms with Gasteiger partial charge in [0.25, 0.3) is 5.69 Å². The van der Waals surface area contributed by atoms with Crippen LogP contribution in [0.25, 0.3) is 21.7 Å². The van der Waals surface area contributed by atoms with E-state index in [9.17, 15) is 10.1 Å². The topological polar surface area (TPSA) is 86.9 Å². The van der Waals surface area contributed by atoms with Crippen LogP contribution in [0.15, 0.2) is 65.7 Å². The van der Waals surface area contributed by atoms with Crippen LogP contribution in [0.4, 0.5) is 10.8 Å². The standard InChI is InChI=1S/C26H23N3O4S/c1-16-8-13-21(17(2)14-16)23-25(18-9-11-20(12-10-18)29(30)31)34-26(28-23)27-15-19-6-5-7-22(32-3)24(19)33-4/h5-15H,1-4H3. The number of aryl methyl sites for hydroxylation is 2. The van der Waals surface area contributed by atoms with Crippen LogP contribution in [-0.2, 0) is 0 Å². The molecular weight excluding hydrogens is 450 g/mol. The number of para-hydroxylation sites is 1. The van der Waals surface area contributed by atoms with Gasteiger partial charge in [-0.1, -0.05) is 41.2 Å². The average molecular weight is 474 g/mol. The van der Waals surface area contributed by atoms with Crippen LogP contribution in [0.2, 0.25) is 0 Å². The second kappa shape index (κ2) is 9.84. The average Bonchev–Trinajstić information content (AvgIpc) is 3.26. The highest BCUT2D eigenvalue weighted by atomic mass is 32.1. The molecule has 1 aromatic heterocycles. The summed E-state index contributed by atoms with van der Waals surface area (Å²) in [5, 5.41) is 11.7. The minimum atomic E-state index is -0.404. The van der Waals surface area contributed by atoms with E-state index in [1.54, 1.807) is 32.6 Å². The molecule has 1 heterocycles. The number of hydrogen-bond donors (Lipinski definition) is 0. The molecule has 172 valence electrons. The minimum absolute atomic E-state index is 0.0460. The van der Waals surface area contributed by atoms with E-state index >= 15 is 0 Å². The van der Waals surface area contributed by atoms with Crippen LogP contribution in [0.5, 0.6) is 11.5 Å². The predicted octanol–water partition coefficient (Wildman–Crippen LogP) is 6.77. The van der Waals surface area contributed by atoms with Crippen molar-refractivity contribution in [2.45, 2.75) is 13.8 Å². The fourth-order valence-electron chi connectivity index (χ4n) is 3.69. The molecule has 4 aromatic rings. The van der Waals surface area contributed by atoms with Crippen molar-refractivity contribution in [2.75, 3.05) is 14.2 Å². The second-order valence-corrected chi connectivity index (χ2v) is 8.61. The lowest BCUT2D eigenvalue weighted by molar-refractivity contribution is -0.384. The molecule has 0 radical (unpaired) electrons. The van der Waals surface area contributed by atoms with Crippen LogP contribution in [0, 0.1) is 24.0 Å². The molecule has 34 heavy (non-hydrogen) atoms. The Balaban J connectivity index is 1.81. The number of methoxy groups -OCH3 is 2. The molecule has 7 nitrogen and oxygen atoms in total. The summed E-state index contributed by atoms with van der Waals surface area (Å²) < 4.78 is 10.9. The van der Waals surface area contributed by atoms with Crippen LogP contribution in [0.3, 0.4) is 0 Å². The Morgan fingerprint density at radius 3 is 2.44 bits per heavy atom. The Labute approximate surface area is 201 Å². The van der Waals surface area contributed by atoms with Crippen molar-refractivity contribution >= 4 is 28.4 Å². The van der Waals surface area contributed by atoms with Gasteiger partial charge in [-0.15, -0.1) is 0 Å². The summed E-state index contributed by atoms with van der Waals surface area (Å²) in [5.41, 5.74) is 5.71. The molecule has 0 atom stereocenters. The number of nitro benzene ring substituents is 1. The van der Waals surface area contributed by atoms with E-state index < -0.39 is 4.92 Å². The van der Waals surface area contributed by atoms with Crippen molar-refractivity contribution in [1.29, 1.82) is 0 Å². The van der Waals surface area contributed by atoms with Gasteiger partial charge in [-0.2, -0.15) is 0 Å². The van der Waals surface area contributed by atoms with E-state index in [2.05, 4.69) is 11.1 Å². The maximum Gasteiger partial charge on any atom is 0.269 e. The predicted molar refractivity (Wildman–Crippen MR) is 136 cm³/mol. The largest absolute Gasteiger partial charge is 0.493 e. The van der Waals surface area contributed by atoms with Gasteiger partial charge in [-0.25, -0.2) is 9.98 Å². The summed E-state index contributed by atoms with van der Waals surface area (Å²) in [6, 6.07) is 18.3. The monoisotopic (exact) mass is 473 g/mol. The molecule has 0 saturated carbocycles. The van der Waals surface area contributed by atoms with Crippen LogP contribution in [0.1, 0.15) is 16.7 Å². The van der Waals surface area contributed by atoms with Gasteiger partial charge in [-0.05, 0) is 49.2 Å². The third-order valence-electron chi connectivity index (χ3n) is 5.34. The van der Waals surface area contributed by atoms with Crippen molar-refractivity contribution in [3.63, 3.8) is 0 Å². The van der Waals surface area contributed by atoms with Gasteiger partial charge in [0.1, 0.15) is 0 Å². The molecule has 0 aliphatic carbocycles. The number of aromatic nitrogens is 1. The van der Waals surface area contributed by atoms with Crippen LogP contribution in [-0.4, -0.2) is 30.3 Å². The summed E-state index contributed by atoms with van der Waals surface area (Å²) >= 11 is 1.43. The molecule has 4 rings (SSSR count). The zero-order valence-electron chi connectivity index (χ0n) is 19.2. The quantitative estimate of drug-likeness (QED) is 0.168. The molecule has 8 heteroatoms. The number of hydrogen-bond acceptors (Lipinski definition) is 7. The van der Waals surface area contributed by atoms with Crippen LogP contribution >= 0.6 is 11.3 Å². The number of ether oxygens (including phenoxy) is 2.